The van der Waals surface area contributed by atoms with Crippen molar-refractivity contribution in [3.63, 3.8) is 0 Å². The average molecular weight is 228 g/mol. The molecule has 2 atom stereocenters. The van der Waals surface area contributed by atoms with Crippen molar-refractivity contribution in [2.75, 3.05) is 26.2 Å². The summed E-state index contributed by atoms with van der Waals surface area (Å²) in [5.41, 5.74) is 0.108. The smallest absolute Gasteiger partial charge is 0.434 e. The second-order valence-electron chi connectivity index (χ2n) is 5.12. The van der Waals surface area contributed by atoms with Crippen LogP contribution in [0.4, 0.5) is 4.79 Å². The first-order valence-corrected chi connectivity index (χ1v) is 5.90. The summed E-state index contributed by atoms with van der Waals surface area (Å²) in [6, 6.07) is 0. The zero-order valence-corrected chi connectivity index (χ0v) is 9.91. The quantitative estimate of drug-likeness (QED) is 0.696. The minimum absolute atomic E-state index is 0.108. The highest BCUT2D eigenvalue weighted by Gasteiger charge is 2.51. The number of hydrogen-bond acceptors (Lipinski definition) is 5. The third-order valence-electron chi connectivity index (χ3n) is 3.22. The molecule has 2 N–H and O–H groups in total. The maximum atomic E-state index is 11.4. The van der Waals surface area contributed by atoms with Gasteiger partial charge < -0.3 is 14.8 Å². The van der Waals surface area contributed by atoms with Gasteiger partial charge in [0.2, 0.25) is 0 Å². The molecule has 0 radical (unpaired) electrons. The minimum Gasteiger partial charge on any atom is -0.434 e. The lowest BCUT2D eigenvalue weighted by atomic mass is 9.79. The molecule has 0 aromatic rings. The second-order valence-corrected chi connectivity index (χ2v) is 5.12. The van der Waals surface area contributed by atoms with Crippen molar-refractivity contribution in [3.8, 4) is 0 Å². The van der Waals surface area contributed by atoms with Gasteiger partial charge in [0, 0.05) is 18.5 Å². The van der Waals surface area contributed by atoms with Crippen molar-refractivity contribution in [3.05, 3.63) is 0 Å². The minimum atomic E-state index is -0.558. The van der Waals surface area contributed by atoms with Crippen LogP contribution in [0.1, 0.15) is 20.3 Å². The summed E-state index contributed by atoms with van der Waals surface area (Å²) in [6.07, 6.45) is 0.321. The maximum absolute atomic E-state index is 11.4. The lowest BCUT2D eigenvalue weighted by molar-refractivity contribution is -0.0955. The lowest BCUT2D eigenvalue weighted by Gasteiger charge is -2.45. The van der Waals surface area contributed by atoms with Gasteiger partial charge in [-0.15, -0.1) is 0 Å². The molecule has 0 aliphatic carbocycles. The number of nitrogens with one attached hydrogen (secondary N) is 2. The molecule has 0 amide bonds. The largest absolute Gasteiger partial charge is 0.509 e. The summed E-state index contributed by atoms with van der Waals surface area (Å²) in [4.78, 5) is 11.4. The van der Waals surface area contributed by atoms with E-state index < -0.39 is 6.16 Å². The summed E-state index contributed by atoms with van der Waals surface area (Å²) < 4.78 is 10.3. The van der Waals surface area contributed by atoms with E-state index in [1.807, 2.05) is 13.8 Å². The van der Waals surface area contributed by atoms with Gasteiger partial charge in [-0.2, -0.15) is 0 Å². The molecule has 5 heteroatoms. The zero-order valence-electron chi connectivity index (χ0n) is 9.91. The molecule has 0 aromatic carbocycles. The highest BCUT2D eigenvalue weighted by Crippen LogP contribution is 2.36. The normalized spacial score (nSPS) is 32.8. The SMILES string of the molecule is CC(C)COC(=O)OC1NCC12CCNC2. The maximum Gasteiger partial charge on any atom is 0.509 e. The first kappa shape index (κ1) is 11.7. The van der Waals surface area contributed by atoms with Gasteiger partial charge in [0.05, 0.1) is 6.61 Å². The Balaban J connectivity index is 1.75. The van der Waals surface area contributed by atoms with Crippen molar-refractivity contribution < 1.29 is 14.3 Å². The van der Waals surface area contributed by atoms with E-state index in [0.717, 1.165) is 26.1 Å². The van der Waals surface area contributed by atoms with Crippen LogP contribution in [0.25, 0.3) is 0 Å². The first-order chi connectivity index (χ1) is 7.62. The van der Waals surface area contributed by atoms with Crippen LogP contribution in [0.3, 0.4) is 0 Å². The first-order valence-electron chi connectivity index (χ1n) is 5.90. The molecule has 2 fully saturated rings. The Kier molecular flexibility index (Phi) is 3.35. The van der Waals surface area contributed by atoms with E-state index in [9.17, 15) is 4.79 Å². The molecule has 2 unspecified atom stereocenters. The predicted molar refractivity (Wildman–Crippen MR) is 59.0 cm³/mol. The molecule has 92 valence electrons. The monoisotopic (exact) mass is 228 g/mol. The van der Waals surface area contributed by atoms with Gasteiger partial charge >= 0.3 is 6.16 Å². The molecule has 2 aliphatic rings. The van der Waals surface area contributed by atoms with Crippen molar-refractivity contribution in [2.24, 2.45) is 11.3 Å². The number of carbonyl (C=O) groups is 1. The molecule has 2 heterocycles. The van der Waals surface area contributed by atoms with E-state index in [4.69, 9.17) is 9.47 Å². The average Bonchev–Trinajstić information content (AvgIpc) is 2.72. The topological polar surface area (TPSA) is 59.6 Å². The molecule has 2 aliphatic heterocycles. The zero-order chi connectivity index (χ0) is 11.6. The van der Waals surface area contributed by atoms with Crippen LogP contribution in [0.5, 0.6) is 0 Å². The Labute approximate surface area is 95.9 Å². The standard InChI is InChI=1S/C11H20N2O3/c1-8(2)5-15-10(14)16-9-11(7-13-9)3-4-12-6-11/h8-9,12-13H,3-7H2,1-2H3. The van der Waals surface area contributed by atoms with Crippen LogP contribution >= 0.6 is 0 Å². The molecular weight excluding hydrogens is 208 g/mol. The van der Waals surface area contributed by atoms with E-state index >= 15 is 0 Å². The highest BCUT2D eigenvalue weighted by atomic mass is 16.7. The van der Waals surface area contributed by atoms with Gasteiger partial charge in [0.15, 0.2) is 6.23 Å². The van der Waals surface area contributed by atoms with Gasteiger partial charge in [-0.25, -0.2) is 4.79 Å². The lowest BCUT2D eigenvalue weighted by Crippen LogP contribution is -2.65. The third-order valence-corrected chi connectivity index (χ3v) is 3.22. The van der Waals surface area contributed by atoms with Crippen LogP contribution in [-0.4, -0.2) is 38.6 Å². The fourth-order valence-corrected chi connectivity index (χ4v) is 2.14. The second kappa shape index (κ2) is 4.59. The summed E-state index contributed by atoms with van der Waals surface area (Å²) in [6.45, 7) is 7.25. The molecule has 16 heavy (non-hydrogen) atoms. The van der Waals surface area contributed by atoms with Crippen molar-refractivity contribution in [1.29, 1.82) is 0 Å². The number of ether oxygens (including phenoxy) is 2. The van der Waals surface area contributed by atoms with Gasteiger partial charge in [-0.05, 0) is 18.9 Å². The molecule has 0 aromatic heterocycles. The van der Waals surface area contributed by atoms with Gasteiger partial charge in [-0.3, -0.25) is 5.32 Å². The van der Waals surface area contributed by atoms with E-state index in [-0.39, 0.29) is 11.6 Å². The third kappa shape index (κ3) is 2.30. The molecule has 2 saturated heterocycles. The van der Waals surface area contributed by atoms with Gasteiger partial charge in [-0.1, -0.05) is 13.8 Å². The van der Waals surface area contributed by atoms with Crippen molar-refractivity contribution in [1.82, 2.24) is 10.6 Å². The summed E-state index contributed by atoms with van der Waals surface area (Å²) in [5.74, 6) is 0.337. The molecule has 0 bridgehead atoms. The molecule has 0 saturated carbocycles. The van der Waals surface area contributed by atoms with Gasteiger partial charge in [0.25, 0.3) is 0 Å². The van der Waals surface area contributed by atoms with Crippen LogP contribution in [0, 0.1) is 11.3 Å². The molecule has 2 rings (SSSR count). The Hall–Kier alpha value is -0.810. The van der Waals surface area contributed by atoms with E-state index in [1.165, 1.54) is 0 Å². The fourth-order valence-electron chi connectivity index (χ4n) is 2.14. The fraction of sp³-hybridized carbons (Fsp3) is 0.909. The Morgan fingerprint density at radius 1 is 1.50 bits per heavy atom. The summed E-state index contributed by atoms with van der Waals surface area (Å²) in [7, 11) is 0. The summed E-state index contributed by atoms with van der Waals surface area (Å²) in [5, 5.41) is 6.43. The predicted octanol–water partition coefficient (Wildman–Crippen LogP) is 0.705. The van der Waals surface area contributed by atoms with Gasteiger partial charge in [0.1, 0.15) is 0 Å². The van der Waals surface area contributed by atoms with Crippen molar-refractivity contribution >= 4 is 6.16 Å². The number of carbonyl (C=O) groups excluding carboxylic acids is 1. The Morgan fingerprint density at radius 3 is 2.81 bits per heavy atom. The highest BCUT2D eigenvalue weighted by molar-refractivity contribution is 5.60. The Morgan fingerprint density at radius 2 is 2.31 bits per heavy atom. The molecule has 1 spiro atoms. The van der Waals surface area contributed by atoms with E-state index in [1.54, 1.807) is 0 Å². The van der Waals surface area contributed by atoms with E-state index in [0.29, 0.717) is 12.5 Å². The Bertz CT molecular complexity index is 262. The van der Waals surface area contributed by atoms with Crippen LogP contribution in [0.2, 0.25) is 0 Å². The number of rotatable bonds is 3. The van der Waals surface area contributed by atoms with Crippen LogP contribution in [-0.2, 0) is 9.47 Å². The van der Waals surface area contributed by atoms with Crippen LogP contribution < -0.4 is 10.6 Å². The number of hydrogen-bond donors (Lipinski definition) is 2. The summed E-state index contributed by atoms with van der Waals surface area (Å²) >= 11 is 0. The van der Waals surface area contributed by atoms with E-state index in [2.05, 4.69) is 10.6 Å². The molecule has 5 nitrogen and oxygen atoms in total. The van der Waals surface area contributed by atoms with Crippen LogP contribution in [0.15, 0.2) is 0 Å². The van der Waals surface area contributed by atoms with Crippen molar-refractivity contribution in [2.45, 2.75) is 26.5 Å². The molecular formula is C11H20N2O3.